The summed E-state index contributed by atoms with van der Waals surface area (Å²) < 4.78 is 43.6. The average Bonchev–Trinajstić information content (AvgIpc) is 2.67. The van der Waals surface area contributed by atoms with Crippen molar-refractivity contribution in [3.63, 3.8) is 0 Å². The largest absolute Gasteiger partial charge is 0.496 e. The maximum absolute atomic E-state index is 12.9. The number of nitrogens with zero attached hydrogens (tertiary/aromatic N) is 1. The van der Waals surface area contributed by atoms with Crippen LogP contribution in [0.2, 0.25) is 0 Å². The molecule has 0 saturated carbocycles. The molecule has 2 aromatic carbocycles. The highest BCUT2D eigenvalue weighted by Gasteiger charge is 2.34. The topological polar surface area (TPSA) is 79.8 Å². The summed E-state index contributed by atoms with van der Waals surface area (Å²) in [6.07, 6.45) is -4.23. The molecule has 0 radical (unpaired) electrons. The zero-order valence-corrected chi connectivity index (χ0v) is 15.6. The van der Waals surface area contributed by atoms with Crippen LogP contribution in [0.4, 0.5) is 18.9 Å². The number of nitrogens with one attached hydrogen (secondary N) is 2. The van der Waals surface area contributed by atoms with Crippen molar-refractivity contribution in [1.29, 1.82) is 0 Å². The van der Waals surface area contributed by atoms with Crippen LogP contribution in [0.15, 0.2) is 47.6 Å². The first-order valence-corrected chi connectivity index (χ1v) is 8.72. The van der Waals surface area contributed by atoms with E-state index < -0.39 is 23.4 Å². The van der Waals surface area contributed by atoms with Gasteiger partial charge in [0.05, 0.1) is 18.4 Å². The predicted octanol–water partition coefficient (Wildman–Crippen LogP) is 3.83. The normalized spacial score (nSPS) is 16.7. The Kier molecular flexibility index (Phi) is 5.58. The molecule has 1 aliphatic rings. The van der Waals surface area contributed by atoms with Crippen molar-refractivity contribution in [2.24, 2.45) is 11.0 Å². The molecule has 0 bridgehead atoms. The minimum atomic E-state index is -4.57. The van der Waals surface area contributed by atoms with Gasteiger partial charge in [0.15, 0.2) is 0 Å². The Morgan fingerprint density at radius 2 is 1.90 bits per heavy atom. The average molecular weight is 405 g/mol. The van der Waals surface area contributed by atoms with Crippen molar-refractivity contribution in [2.75, 3.05) is 12.4 Å². The number of anilines is 1. The highest BCUT2D eigenvalue weighted by molar-refractivity contribution is 6.07. The number of ether oxygens (including phenoxy) is 1. The first-order chi connectivity index (χ1) is 13.7. The van der Waals surface area contributed by atoms with Gasteiger partial charge in [-0.15, -0.1) is 0 Å². The van der Waals surface area contributed by atoms with Crippen LogP contribution in [0, 0.1) is 5.92 Å². The number of carbonyl (C=O) groups excluding carboxylic acids is 2. The second-order valence-corrected chi connectivity index (χ2v) is 6.58. The standard InChI is InChI=1S/C20H18F3N3O3/c1-11-9-17(27)25-26-18(11)12-3-6-14(7-4-12)24-19(28)13-5-8-15(20(21,22)23)16(10-13)29-2/h3-8,10-11H,9H2,1-2H3,(H,24,28)(H,25,27). The Morgan fingerprint density at radius 3 is 2.48 bits per heavy atom. The Balaban J connectivity index is 1.75. The molecule has 29 heavy (non-hydrogen) atoms. The fourth-order valence-corrected chi connectivity index (χ4v) is 3.00. The summed E-state index contributed by atoms with van der Waals surface area (Å²) in [4.78, 5) is 23.7. The molecule has 0 aromatic heterocycles. The summed E-state index contributed by atoms with van der Waals surface area (Å²) in [6, 6.07) is 9.75. The highest BCUT2D eigenvalue weighted by Crippen LogP contribution is 2.36. The van der Waals surface area contributed by atoms with E-state index in [0.717, 1.165) is 36.6 Å². The van der Waals surface area contributed by atoms with Crippen LogP contribution in [0.1, 0.15) is 34.8 Å². The quantitative estimate of drug-likeness (QED) is 0.812. The number of rotatable bonds is 4. The fourth-order valence-electron chi connectivity index (χ4n) is 3.00. The van der Waals surface area contributed by atoms with Crippen LogP contribution in [0.25, 0.3) is 0 Å². The molecule has 0 aliphatic carbocycles. The van der Waals surface area contributed by atoms with Gasteiger partial charge in [-0.25, -0.2) is 5.43 Å². The van der Waals surface area contributed by atoms with Crippen LogP contribution < -0.4 is 15.5 Å². The van der Waals surface area contributed by atoms with Gasteiger partial charge in [0.25, 0.3) is 5.91 Å². The predicted molar refractivity (Wildman–Crippen MR) is 101 cm³/mol. The SMILES string of the molecule is COc1cc(C(=O)Nc2ccc(C3=NNC(=O)CC3C)cc2)ccc1C(F)(F)F. The number of hydrogen-bond donors (Lipinski definition) is 2. The van der Waals surface area contributed by atoms with Gasteiger partial charge in [-0.3, -0.25) is 9.59 Å². The summed E-state index contributed by atoms with van der Waals surface area (Å²) in [5.41, 5.74) is 3.52. The molecule has 3 rings (SSSR count). The van der Waals surface area contributed by atoms with E-state index in [9.17, 15) is 22.8 Å². The molecular weight excluding hydrogens is 387 g/mol. The summed E-state index contributed by atoms with van der Waals surface area (Å²) in [7, 11) is 1.11. The maximum Gasteiger partial charge on any atom is 0.419 e. The number of halogens is 3. The van der Waals surface area contributed by atoms with Crippen molar-refractivity contribution < 1.29 is 27.5 Å². The van der Waals surface area contributed by atoms with Crippen molar-refractivity contribution >= 4 is 23.2 Å². The Bertz CT molecular complexity index is 969. The van der Waals surface area contributed by atoms with Gasteiger partial charge in [0.1, 0.15) is 5.75 Å². The number of amides is 2. The van der Waals surface area contributed by atoms with Crippen LogP contribution in [0.5, 0.6) is 5.75 Å². The lowest BCUT2D eigenvalue weighted by molar-refractivity contribution is -0.138. The van der Waals surface area contributed by atoms with Crippen molar-refractivity contribution in [2.45, 2.75) is 19.5 Å². The van der Waals surface area contributed by atoms with E-state index in [1.807, 2.05) is 6.92 Å². The number of methoxy groups -OCH3 is 1. The van der Waals surface area contributed by atoms with E-state index >= 15 is 0 Å². The van der Waals surface area contributed by atoms with Gasteiger partial charge < -0.3 is 10.1 Å². The molecule has 1 unspecified atom stereocenters. The van der Waals surface area contributed by atoms with E-state index in [0.29, 0.717) is 12.1 Å². The Labute approximate surface area is 164 Å². The van der Waals surface area contributed by atoms with Crippen LogP contribution in [-0.4, -0.2) is 24.6 Å². The third-order valence-corrected chi connectivity index (χ3v) is 4.47. The van der Waals surface area contributed by atoms with Crippen molar-refractivity contribution in [3.05, 3.63) is 59.2 Å². The van der Waals surface area contributed by atoms with Gasteiger partial charge in [-0.05, 0) is 35.9 Å². The molecule has 152 valence electrons. The monoisotopic (exact) mass is 405 g/mol. The fraction of sp³-hybridized carbons (Fsp3) is 0.250. The van der Waals surface area contributed by atoms with Crippen molar-refractivity contribution in [1.82, 2.24) is 5.43 Å². The van der Waals surface area contributed by atoms with Gasteiger partial charge >= 0.3 is 6.18 Å². The minimum Gasteiger partial charge on any atom is -0.496 e. The summed E-state index contributed by atoms with van der Waals surface area (Å²) in [6.45, 7) is 1.89. The smallest absolute Gasteiger partial charge is 0.419 e. The van der Waals surface area contributed by atoms with Gasteiger partial charge in [-0.2, -0.15) is 18.3 Å². The molecule has 0 fully saturated rings. The summed E-state index contributed by atoms with van der Waals surface area (Å²) in [5, 5.41) is 6.70. The third kappa shape index (κ3) is 4.56. The third-order valence-electron chi connectivity index (χ3n) is 4.47. The van der Waals surface area contributed by atoms with Crippen LogP contribution in [0.3, 0.4) is 0 Å². The molecule has 0 saturated heterocycles. The Hall–Kier alpha value is -3.36. The minimum absolute atomic E-state index is 0.0342. The maximum atomic E-state index is 12.9. The Morgan fingerprint density at radius 1 is 1.21 bits per heavy atom. The zero-order chi connectivity index (χ0) is 21.2. The molecular formula is C20H18F3N3O3. The van der Waals surface area contributed by atoms with E-state index in [4.69, 9.17) is 4.74 Å². The second kappa shape index (κ2) is 7.94. The molecule has 1 aliphatic heterocycles. The van der Waals surface area contributed by atoms with E-state index in [1.54, 1.807) is 24.3 Å². The van der Waals surface area contributed by atoms with Crippen LogP contribution >= 0.6 is 0 Å². The van der Waals surface area contributed by atoms with Crippen LogP contribution in [-0.2, 0) is 11.0 Å². The van der Waals surface area contributed by atoms with E-state index in [2.05, 4.69) is 15.8 Å². The summed E-state index contributed by atoms with van der Waals surface area (Å²) in [5.74, 6) is -1.17. The first kappa shape index (κ1) is 20.4. The number of carbonyl (C=O) groups is 2. The molecule has 9 heteroatoms. The molecule has 6 nitrogen and oxygen atoms in total. The molecule has 0 spiro atoms. The molecule has 2 aromatic rings. The molecule has 1 atom stereocenters. The number of hydrazone groups is 1. The highest BCUT2D eigenvalue weighted by atomic mass is 19.4. The number of alkyl halides is 3. The van der Waals surface area contributed by atoms with E-state index in [1.165, 1.54) is 0 Å². The lowest BCUT2D eigenvalue weighted by Gasteiger charge is -2.19. The van der Waals surface area contributed by atoms with Gasteiger partial charge in [0.2, 0.25) is 5.91 Å². The number of hydrogen-bond acceptors (Lipinski definition) is 4. The zero-order valence-electron chi connectivity index (χ0n) is 15.6. The molecule has 2 amide bonds. The lowest BCUT2D eigenvalue weighted by Crippen LogP contribution is -2.31. The van der Waals surface area contributed by atoms with Gasteiger partial charge in [0, 0.05) is 23.6 Å². The lowest BCUT2D eigenvalue weighted by atomic mass is 9.94. The number of benzene rings is 2. The molecule has 1 heterocycles. The van der Waals surface area contributed by atoms with E-state index in [-0.39, 0.29) is 17.4 Å². The van der Waals surface area contributed by atoms with Gasteiger partial charge in [-0.1, -0.05) is 19.1 Å². The summed E-state index contributed by atoms with van der Waals surface area (Å²) >= 11 is 0. The first-order valence-electron chi connectivity index (χ1n) is 8.72. The second-order valence-electron chi connectivity index (χ2n) is 6.58. The molecule has 2 N–H and O–H groups in total. The van der Waals surface area contributed by atoms with Crippen molar-refractivity contribution in [3.8, 4) is 5.75 Å².